The molecule has 0 aromatic carbocycles. The Balaban J connectivity index is 1.37. The van der Waals surface area contributed by atoms with Crippen LogP contribution in [0.5, 0.6) is 0 Å². The van der Waals surface area contributed by atoms with Gasteiger partial charge in [-0.15, -0.1) is 0 Å². The van der Waals surface area contributed by atoms with Crippen molar-refractivity contribution in [2.45, 2.75) is 32.6 Å². The molecule has 30 heavy (non-hydrogen) atoms. The minimum absolute atomic E-state index is 0.328. The molecule has 7 heteroatoms. The van der Waals surface area contributed by atoms with Gasteiger partial charge in [-0.25, -0.2) is 9.97 Å². The van der Waals surface area contributed by atoms with E-state index in [-0.39, 0.29) is 0 Å². The molecule has 7 nitrogen and oxygen atoms in total. The molecule has 1 amide bonds. The van der Waals surface area contributed by atoms with Gasteiger partial charge in [0.1, 0.15) is 11.5 Å². The molecule has 0 saturated carbocycles. The summed E-state index contributed by atoms with van der Waals surface area (Å²) in [4.78, 5) is 33.2. The van der Waals surface area contributed by atoms with Crippen LogP contribution in [-0.4, -0.2) is 77.0 Å². The second kappa shape index (κ2) is 9.51. The van der Waals surface area contributed by atoms with E-state index in [1.807, 2.05) is 23.1 Å². The average molecular weight is 409 g/mol. The Morgan fingerprint density at radius 2 is 1.83 bits per heavy atom. The minimum atomic E-state index is 0.328. The third-order valence-corrected chi connectivity index (χ3v) is 6.28. The number of nitrogens with zero attached hydrogens (tertiary/aromatic N) is 6. The molecule has 4 rings (SSSR count). The van der Waals surface area contributed by atoms with Gasteiger partial charge in [-0.1, -0.05) is 13.0 Å². The molecule has 4 heterocycles. The predicted molar refractivity (Wildman–Crippen MR) is 118 cm³/mol. The first kappa shape index (κ1) is 20.7. The smallest absolute Gasteiger partial charge is 0.222 e. The summed E-state index contributed by atoms with van der Waals surface area (Å²) >= 11 is 0. The number of aryl methyl sites for hydroxylation is 1. The maximum atomic E-state index is 12.7. The summed E-state index contributed by atoms with van der Waals surface area (Å²) in [7, 11) is 2.12. The molecule has 0 unspecified atom stereocenters. The van der Waals surface area contributed by atoms with Gasteiger partial charge in [0.05, 0.1) is 0 Å². The molecule has 160 valence electrons. The van der Waals surface area contributed by atoms with E-state index in [4.69, 9.17) is 4.98 Å². The van der Waals surface area contributed by atoms with Crippen LogP contribution >= 0.6 is 0 Å². The van der Waals surface area contributed by atoms with Gasteiger partial charge in [0.15, 0.2) is 5.82 Å². The molecule has 2 fully saturated rings. The fraction of sp³-hybridized carbons (Fsp3) is 0.565. The molecular formula is C23H32N6O. The second-order valence-corrected chi connectivity index (χ2v) is 8.43. The highest BCUT2D eigenvalue weighted by Gasteiger charge is 2.26. The van der Waals surface area contributed by atoms with Crippen LogP contribution < -0.4 is 4.90 Å². The zero-order chi connectivity index (χ0) is 20.9. The number of likely N-dealkylation sites (N-methyl/N-ethyl adjacent to an activating group) is 1. The Kier molecular flexibility index (Phi) is 6.57. The number of anilines is 1. The van der Waals surface area contributed by atoms with Crippen LogP contribution in [0.3, 0.4) is 0 Å². The predicted octanol–water partition coefficient (Wildman–Crippen LogP) is 2.48. The Morgan fingerprint density at radius 3 is 2.50 bits per heavy atom. The summed E-state index contributed by atoms with van der Waals surface area (Å²) in [6, 6.07) is 7.92. The van der Waals surface area contributed by atoms with Crippen LogP contribution in [0.4, 0.5) is 5.82 Å². The average Bonchev–Trinajstić information content (AvgIpc) is 2.80. The number of piperazine rings is 1. The third-order valence-electron chi connectivity index (χ3n) is 6.28. The van der Waals surface area contributed by atoms with Gasteiger partial charge in [0.2, 0.25) is 5.91 Å². The van der Waals surface area contributed by atoms with Crippen molar-refractivity contribution < 1.29 is 4.79 Å². The van der Waals surface area contributed by atoms with Crippen LogP contribution in [0.15, 0.2) is 30.5 Å². The third kappa shape index (κ3) is 4.95. The highest BCUT2D eigenvalue weighted by atomic mass is 16.2. The number of piperidine rings is 1. The lowest BCUT2D eigenvalue weighted by molar-refractivity contribution is -0.133. The highest BCUT2D eigenvalue weighted by Crippen LogP contribution is 2.26. The molecule has 0 atom stereocenters. The Hall–Kier alpha value is -2.54. The van der Waals surface area contributed by atoms with Gasteiger partial charge in [-0.2, -0.15) is 0 Å². The lowest BCUT2D eigenvalue weighted by Gasteiger charge is -2.36. The quantitative estimate of drug-likeness (QED) is 0.757. The zero-order valence-electron chi connectivity index (χ0n) is 18.1. The number of hydrogen-bond donors (Lipinski definition) is 0. The maximum Gasteiger partial charge on any atom is 0.222 e. The van der Waals surface area contributed by atoms with Crippen molar-refractivity contribution in [2.75, 3.05) is 51.2 Å². The van der Waals surface area contributed by atoms with E-state index < -0.39 is 0 Å². The molecule has 0 bridgehead atoms. The number of hydrogen-bond acceptors (Lipinski definition) is 6. The highest BCUT2D eigenvalue weighted by molar-refractivity contribution is 5.76. The molecule has 0 radical (unpaired) electrons. The standard InChI is InChI=1S/C23H32N6O/c1-3-19-17-21(26-23(25-19)20-6-4-5-9-24-20)28-10-7-18(8-11-28)16-22(30)29-14-12-27(2)13-15-29/h4-6,9,17-18H,3,7-8,10-16H2,1-2H3. The lowest BCUT2D eigenvalue weighted by atomic mass is 9.93. The Morgan fingerprint density at radius 1 is 1.07 bits per heavy atom. The monoisotopic (exact) mass is 408 g/mol. The lowest BCUT2D eigenvalue weighted by Crippen LogP contribution is -2.47. The molecular weight excluding hydrogens is 376 g/mol. The Bertz CT molecular complexity index is 842. The van der Waals surface area contributed by atoms with Crippen LogP contribution in [0.2, 0.25) is 0 Å². The van der Waals surface area contributed by atoms with Crippen molar-refractivity contribution in [1.29, 1.82) is 0 Å². The molecule has 2 saturated heterocycles. The minimum Gasteiger partial charge on any atom is -0.356 e. The fourth-order valence-corrected chi connectivity index (χ4v) is 4.23. The molecule has 2 aromatic rings. The van der Waals surface area contributed by atoms with Gasteiger partial charge < -0.3 is 14.7 Å². The number of amides is 1. The summed E-state index contributed by atoms with van der Waals surface area (Å²) in [6.07, 6.45) is 5.39. The first-order valence-electron chi connectivity index (χ1n) is 11.1. The van der Waals surface area contributed by atoms with E-state index in [9.17, 15) is 4.79 Å². The summed E-state index contributed by atoms with van der Waals surface area (Å²) < 4.78 is 0. The first-order chi connectivity index (χ1) is 14.6. The molecule has 0 spiro atoms. The van der Waals surface area contributed by atoms with Crippen LogP contribution in [0, 0.1) is 5.92 Å². The summed E-state index contributed by atoms with van der Waals surface area (Å²) in [5, 5.41) is 0. The van der Waals surface area contributed by atoms with E-state index in [0.29, 0.717) is 24.1 Å². The maximum absolute atomic E-state index is 12.7. The van der Waals surface area contributed by atoms with Crippen LogP contribution in [0.1, 0.15) is 31.9 Å². The van der Waals surface area contributed by atoms with E-state index in [2.05, 4.69) is 39.8 Å². The van der Waals surface area contributed by atoms with Gasteiger partial charge in [-0.05, 0) is 44.4 Å². The van der Waals surface area contributed by atoms with Gasteiger partial charge in [-0.3, -0.25) is 9.78 Å². The topological polar surface area (TPSA) is 65.5 Å². The fourth-order valence-electron chi connectivity index (χ4n) is 4.23. The van der Waals surface area contributed by atoms with Gasteiger partial charge >= 0.3 is 0 Å². The molecule has 2 aromatic heterocycles. The van der Waals surface area contributed by atoms with Crippen molar-refractivity contribution in [3.63, 3.8) is 0 Å². The van der Waals surface area contributed by atoms with Crippen molar-refractivity contribution in [2.24, 2.45) is 5.92 Å². The van der Waals surface area contributed by atoms with Gasteiger partial charge in [0, 0.05) is 63.6 Å². The van der Waals surface area contributed by atoms with E-state index in [1.165, 1.54) is 0 Å². The van der Waals surface area contributed by atoms with Crippen LogP contribution in [-0.2, 0) is 11.2 Å². The number of carbonyl (C=O) groups excluding carboxylic acids is 1. The van der Waals surface area contributed by atoms with E-state index in [1.54, 1.807) is 6.20 Å². The summed E-state index contributed by atoms with van der Waals surface area (Å²) in [6.45, 7) is 7.68. The number of rotatable bonds is 5. The Labute approximate surface area is 179 Å². The van der Waals surface area contributed by atoms with Crippen molar-refractivity contribution in [3.8, 4) is 11.5 Å². The van der Waals surface area contributed by atoms with Crippen molar-refractivity contribution in [3.05, 3.63) is 36.2 Å². The number of pyridine rings is 1. The molecule has 2 aliphatic heterocycles. The van der Waals surface area contributed by atoms with Crippen LogP contribution in [0.25, 0.3) is 11.5 Å². The largest absolute Gasteiger partial charge is 0.356 e. The second-order valence-electron chi connectivity index (χ2n) is 8.43. The van der Waals surface area contributed by atoms with Gasteiger partial charge in [0.25, 0.3) is 0 Å². The summed E-state index contributed by atoms with van der Waals surface area (Å²) in [5.41, 5.74) is 1.84. The SMILES string of the molecule is CCc1cc(N2CCC(CC(=O)N3CCN(C)CC3)CC2)nc(-c2ccccn2)n1. The first-order valence-corrected chi connectivity index (χ1v) is 11.1. The normalized spacial score (nSPS) is 18.6. The molecule has 0 N–H and O–H groups in total. The van der Waals surface area contributed by atoms with E-state index in [0.717, 1.165) is 75.7 Å². The zero-order valence-corrected chi connectivity index (χ0v) is 18.1. The van der Waals surface area contributed by atoms with Crippen molar-refractivity contribution >= 4 is 11.7 Å². The van der Waals surface area contributed by atoms with Crippen molar-refractivity contribution in [1.82, 2.24) is 24.8 Å². The molecule has 0 aliphatic carbocycles. The number of carbonyl (C=O) groups is 1. The molecule has 2 aliphatic rings. The van der Waals surface area contributed by atoms with E-state index >= 15 is 0 Å². The summed E-state index contributed by atoms with van der Waals surface area (Å²) in [5.74, 6) is 2.47. The number of aromatic nitrogens is 3.